The molecular weight excluding hydrogens is 388 g/mol. The molecule has 148 valence electrons. The zero-order chi connectivity index (χ0) is 20.8. The quantitative estimate of drug-likeness (QED) is 0.372. The van der Waals surface area contributed by atoms with Crippen LogP contribution in [0, 0.1) is 6.92 Å². The molecule has 0 aliphatic carbocycles. The summed E-state index contributed by atoms with van der Waals surface area (Å²) in [6, 6.07) is 13.9. The molecule has 3 amide bonds. The number of amides is 3. The van der Waals surface area contributed by atoms with Crippen molar-refractivity contribution in [3.63, 3.8) is 0 Å². The molecule has 0 saturated carbocycles. The van der Waals surface area contributed by atoms with Crippen LogP contribution in [0.2, 0.25) is 0 Å². The molecule has 3 rings (SSSR count). The third kappa shape index (κ3) is 4.91. The number of nitrogens with zero attached hydrogens (tertiary/aromatic N) is 2. The fourth-order valence-corrected chi connectivity index (χ4v) is 3.45. The van der Waals surface area contributed by atoms with Crippen LogP contribution in [0.15, 0.2) is 71.1 Å². The van der Waals surface area contributed by atoms with Crippen molar-refractivity contribution < 1.29 is 9.59 Å². The first-order chi connectivity index (χ1) is 14.0. The SMILES string of the molecule is C=CCNC(=O)NC(=O)CSc1nc2ccccc2c(=O)n1-c1ccc(C)cc1. The second-order valence-corrected chi connectivity index (χ2v) is 7.17. The summed E-state index contributed by atoms with van der Waals surface area (Å²) >= 11 is 1.09. The second-order valence-electron chi connectivity index (χ2n) is 6.22. The molecule has 0 bridgehead atoms. The normalized spacial score (nSPS) is 10.5. The summed E-state index contributed by atoms with van der Waals surface area (Å²) in [7, 11) is 0. The number of thioether (sulfide) groups is 1. The van der Waals surface area contributed by atoms with Crippen molar-refractivity contribution >= 4 is 34.6 Å². The summed E-state index contributed by atoms with van der Waals surface area (Å²) in [5.74, 6) is -0.563. The molecule has 2 aromatic carbocycles. The lowest BCUT2D eigenvalue weighted by atomic mass is 10.2. The number of hydrogen-bond acceptors (Lipinski definition) is 5. The number of nitrogens with one attached hydrogen (secondary N) is 2. The number of carbonyl (C=O) groups is 2. The van der Waals surface area contributed by atoms with E-state index in [1.807, 2.05) is 31.2 Å². The van der Waals surface area contributed by atoms with E-state index in [-0.39, 0.29) is 17.9 Å². The van der Waals surface area contributed by atoms with E-state index in [1.54, 1.807) is 24.3 Å². The summed E-state index contributed by atoms with van der Waals surface area (Å²) in [5, 5.41) is 5.56. The number of fused-ring (bicyclic) bond motifs is 1. The smallest absolute Gasteiger partial charge is 0.321 e. The Balaban J connectivity index is 1.92. The van der Waals surface area contributed by atoms with Crippen molar-refractivity contribution in [2.45, 2.75) is 12.1 Å². The zero-order valence-corrected chi connectivity index (χ0v) is 16.7. The molecule has 0 radical (unpaired) electrons. The summed E-state index contributed by atoms with van der Waals surface area (Å²) in [4.78, 5) is 41.4. The van der Waals surface area contributed by atoms with Gasteiger partial charge in [-0.3, -0.25) is 19.5 Å². The van der Waals surface area contributed by atoms with Crippen molar-refractivity contribution in [3.05, 3.63) is 77.1 Å². The van der Waals surface area contributed by atoms with Gasteiger partial charge in [0.05, 0.1) is 22.3 Å². The molecule has 0 aliphatic heterocycles. The maximum Gasteiger partial charge on any atom is 0.321 e. The predicted molar refractivity (Wildman–Crippen MR) is 115 cm³/mol. The number of aryl methyl sites for hydroxylation is 1. The Morgan fingerprint density at radius 3 is 2.62 bits per heavy atom. The molecule has 1 heterocycles. The van der Waals surface area contributed by atoms with Gasteiger partial charge in [-0.1, -0.05) is 47.7 Å². The van der Waals surface area contributed by atoms with Crippen molar-refractivity contribution in [1.29, 1.82) is 0 Å². The highest BCUT2D eigenvalue weighted by molar-refractivity contribution is 7.99. The number of urea groups is 1. The number of carbonyl (C=O) groups excluding carboxylic acids is 2. The summed E-state index contributed by atoms with van der Waals surface area (Å²) in [6.07, 6.45) is 1.51. The Morgan fingerprint density at radius 2 is 1.90 bits per heavy atom. The zero-order valence-electron chi connectivity index (χ0n) is 15.8. The Kier molecular flexibility index (Phi) is 6.46. The first kappa shape index (κ1) is 20.3. The molecule has 8 heteroatoms. The minimum Gasteiger partial charge on any atom is -0.334 e. The van der Waals surface area contributed by atoms with Gasteiger partial charge in [0.15, 0.2) is 5.16 Å². The van der Waals surface area contributed by atoms with Gasteiger partial charge in [-0.25, -0.2) is 9.78 Å². The van der Waals surface area contributed by atoms with E-state index in [1.165, 1.54) is 10.6 Å². The van der Waals surface area contributed by atoms with Gasteiger partial charge in [0.2, 0.25) is 5.91 Å². The van der Waals surface area contributed by atoms with E-state index in [4.69, 9.17) is 0 Å². The van der Waals surface area contributed by atoms with E-state index in [9.17, 15) is 14.4 Å². The molecule has 0 fully saturated rings. The molecule has 2 N–H and O–H groups in total. The first-order valence-electron chi connectivity index (χ1n) is 8.90. The minimum absolute atomic E-state index is 0.0713. The van der Waals surface area contributed by atoms with Crippen LogP contribution in [0.4, 0.5) is 4.79 Å². The molecular formula is C21H20N4O3S. The van der Waals surface area contributed by atoms with Crippen molar-refractivity contribution in [2.75, 3.05) is 12.3 Å². The number of imide groups is 1. The third-order valence-electron chi connectivity index (χ3n) is 4.03. The third-order valence-corrected chi connectivity index (χ3v) is 4.97. The van der Waals surface area contributed by atoms with Crippen LogP contribution in [-0.2, 0) is 4.79 Å². The second kappa shape index (κ2) is 9.20. The summed E-state index contributed by atoms with van der Waals surface area (Å²) in [5.41, 5.74) is 2.05. The Labute approximate surface area is 171 Å². The molecule has 7 nitrogen and oxygen atoms in total. The van der Waals surface area contributed by atoms with Crippen LogP contribution < -0.4 is 16.2 Å². The number of aromatic nitrogens is 2. The van der Waals surface area contributed by atoms with Crippen LogP contribution in [0.3, 0.4) is 0 Å². The topological polar surface area (TPSA) is 93.1 Å². The number of hydrogen-bond donors (Lipinski definition) is 2. The largest absolute Gasteiger partial charge is 0.334 e. The summed E-state index contributed by atoms with van der Waals surface area (Å²) < 4.78 is 1.48. The van der Waals surface area contributed by atoms with Crippen molar-refractivity contribution in [2.24, 2.45) is 0 Å². The Hall–Kier alpha value is -3.39. The summed E-state index contributed by atoms with van der Waals surface area (Å²) in [6.45, 7) is 5.71. The average molecular weight is 408 g/mol. The maximum absolute atomic E-state index is 13.1. The van der Waals surface area contributed by atoms with Crippen LogP contribution in [0.25, 0.3) is 16.6 Å². The van der Waals surface area contributed by atoms with E-state index in [0.29, 0.717) is 21.7 Å². The Morgan fingerprint density at radius 1 is 1.17 bits per heavy atom. The van der Waals surface area contributed by atoms with E-state index >= 15 is 0 Å². The van der Waals surface area contributed by atoms with Crippen molar-refractivity contribution in [3.8, 4) is 5.69 Å². The predicted octanol–water partition coefficient (Wildman–Crippen LogP) is 2.80. The number of rotatable bonds is 6. The van der Waals surface area contributed by atoms with Gasteiger partial charge in [0.25, 0.3) is 5.56 Å². The maximum atomic E-state index is 13.1. The van der Waals surface area contributed by atoms with Gasteiger partial charge < -0.3 is 5.32 Å². The van der Waals surface area contributed by atoms with Gasteiger partial charge in [0.1, 0.15) is 0 Å². The lowest BCUT2D eigenvalue weighted by Crippen LogP contribution is -2.40. The molecule has 1 aromatic heterocycles. The molecule has 0 saturated heterocycles. The van der Waals surface area contributed by atoms with Crippen LogP contribution in [-0.4, -0.2) is 33.8 Å². The monoisotopic (exact) mass is 408 g/mol. The molecule has 0 unspecified atom stereocenters. The van der Waals surface area contributed by atoms with Crippen LogP contribution in [0.1, 0.15) is 5.56 Å². The van der Waals surface area contributed by atoms with Gasteiger partial charge in [-0.05, 0) is 31.2 Å². The lowest BCUT2D eigenvalue weighted by Gasteiger charge is -2.13. The van der Waals surface area contributed by atoms with Gasteiger partial charge in [-0.2, -0.15) is 0 Å². The van der Waals surface area contributed by atoms with Gasteiger partial charge >= 0.3 is 6.03 Å². The average Bonchev–Trinajstić information content (AvgIpc) is 2.72. The highest BCUT2D eigenvalue weighted by Gasteiger charge is 2.15. The highest BCUT2D eigenvalue weighted by atomic mass is 32.2. The van der Waals surface area contributed by atoms with E-state index in [0.717, 1.165) is 17.3 Å². The molecule has 0 spiro atoms. The lowest BCUT2D eigenvalue weighted by molar-refractivity contribution is -0.117. The minimum atomic E-state index is -0.599. The van der Waals surface area contributed by atoms with E-state index < -0.39 is 11.9 Å². The molecule has 3 aromatic rings. The standard InChI is InChI=1S/C21H20N4O3S/c1-3-12-22-20(28)24-18(26)13-29-21-23-17-7-5-4-6-16(17)19(27)25(21)15-10-8-14(2)9-11-15/h3-11H,1,12-13H2,2H3,(H2,22,24,26,28). The Bertz CT molecular complexity index is 1120. The number of benzene rings is 2. The molecule has 0 aliphatic rings. The first-order valence-corrected chi connectivity index (χ1v) is 9.88. The van der Waals surface area contributed by atoms with Gasteiger partial charge in [0, 0.05) is 6.54 Å². The van der Waals surface area contributed by atoms with Crippen LogP contribution in [0.5, 0.6) is 0 Å². The number of para-hydroxylation sites is 1. The van der Waals surface area contributed by atoms with Crippen molar-refractivity contribution in [1.82, 2.24) is 20.2 Å². The molecule has 29 heavy (non-hydrogen) atoms. The van der Waals surface area contributed by atoms with Gasteiger partial charge in [-0.15, -0.1) is 6.58 Å². The van der Waals surface area contributed by atoms with Crippen LogP contribution >= 0.6 is 11.8 Å². The molecule has 0 atom stereocenters. The fraction of sp³-hybridized carbons (Fsp3) is 0.143. The highest BCUT2D eigenvalue weighted by Crippen LogP contribution is 2.21. The van der Waals surface area contributed by atoms with E-state index in [2.05, 4.69) is 22.2 Å². The fourth-order valence-electron chi connectivity index (χ4n) is 2.63.